The molecule has 1 N–H and O–H groups in total. The topological polar surface area (TPSA) is 12.0 Å². The van der Waals surface area contributed by atoms with Gasteiger partial charge in [0.2, 0.25) is 0 Å². The monoisotopic (exact) mass is 209 g/mol. The Kier molecular flexibility index (Phi) is 6.02. The predicted molar refractivity (Wildman–Crippen MR) is 62.8 cm³/mol. The summed E-state index contributed by atoms with van der Waals surface area (Å²) in [5.41, 5.74) is 1.34. The molecule has 1 rings (SSSR count). The smallest absolute Gasteiger partial charge is 0.0906 e. The summed E-state index contributed by atoms with van der Waals surface area (Å²) in [7, 11) is 0. The van der Waals surface area contributed by atoms with E-state index < -0.39 is 0 Å². The van der Waals surface area contributed by atoms with Gasteiger partial charge in [-0.25, -0.2) is 0 Å². The van der Waals surface area contributed by atoms with E-state index in [0.717, 1.165) is 19.4 Å². The lowest BCUT2D eigenvalue weighted by Crippen LogP contribution is -2.31. The van der Waals surface area contributed by atoms with E-state index in [1.807, 2.05) is 6.07 Å². The van der Waals surface area contributed by atoms with Gasteiger partial charge in [0, 0.05) is 6.04 Å². The summed E-state index contributed by atoms with van der Waals surface area (Å²) in [6.07, 6.45) is 2.73. The SMILES string of the molecule is CCC(Cc1ccccc1)NCCCF. The maximum absolute atomic E-state index is 11.9. The Balaban J connectivity index is 2.33. The third-order valence-corrected chi connectivity index (χ3v) is 2.56. The van der Waals surface area contributed by atoms with Gasteiger partial charge >= 0.3 is 0 Å². The molecule has 15 heavy (non-hydrogen) atoms. The highest BCUT2D eigenvalue weighted by Crippen LogP contribution is 2.05. The largest absolute Gasteiger partial charge is 0.314 e. The van der Waals surface area contributed by atoms with Crippen molar-refractivity contribution in [3.05, 3.63) is 35.9 Å². The molecule has 1 aromatic rings. The highest BCUT2D eigenvalue weighted by molar-refractivity contribution is 5.15. The van der Waals surface area contributed by atoms with Gasteiger partial charge in [0.15, 0.2) is 0 Å². The Hall–Kier alpha value is -0.890. The summed E-state index contributed by atoms with van der Waals surface area (Å²) in [5.74, 6) is 0. The molecule has 1 nitrogen and oxygen atoms in total. The Morgan fingerprint density at radius 2 is 2.00 bits per heavy atom. The standard InChI is InChI=1S/C13H20FN/c1-2-13(15-10-6-9-14)11-12-7-4-3-5-8-12/h3-5,7-8,13,15H,2,6,9-11H2,1H3. The van der Waals surface area contributed by atoms with E-state index >= 15 is 0 Å². The summed E-state index contributed by atoms with van der Waals surface area (Å²) < 4.78 is 11.9. The Labute approximate surface area is 91.7 Å². The van der Waals surface area contributed by atoms with Gasteiger partial charge in [-0.2, -0.15) is 0 Å². The molecule has 0 aliphatic carbocycles. The summed E-state index contributed by atoms with van der Waals surface area (Å²) in [6.45, 7) is 2.71. The molecule has 0 spiro atoms. The second-order valence-corrected chi connectivity index (χ2v) is 3.79. The minimum Gasteiger partial charge on any atom is -0.314 e. The summed E-state index contributed by atoms with van der Waals surface area (Å²) in [5, 5.41) is 3.38. The number of benzene rings is 1. The maximum Gasteiger partial charge on any atom is 0.0906 e. The van der Waals surface area contributed by atoms with Crippen LogP contribution < -0.4 is 5.32 Å². The van der Waals surface area contributed by atoms with Gasteiger partial charge in [0.05, 0.1) is 6.67 Å². The van der Waals surface area contributed by atoms with Crippen molar-refractivity contribution in [1.82, 2.24) is 5.32 Å². The van der Waals surface area contributed by atoms with Crippen LogP contribution in [0.2, 0.25) is 0 Å². The molecule has 0 amide bonds. The fraction of sp³-hybridized carbons (Fsp3) is 0.538. The fourth-order valence-electron chi connectivity index (χ4n) is 1.63. The number of rotatable bonds is 7. The molecule has 1 unspecified atom stereocenters. The lowest BCUT2D eigenvalue weighted by atomic mass is 10.0. The third-order valence-electron chi connectivity index (χ3n) is 2.56. The fourth-order valence-corrected chi connectivity index (χ4v) is 1.63. The molecule has 1 aromatic carbocycles. The van der Waals surface area contributed by atoms with Crippen molar-refractivity contribution in [2.75, 3.05) is 13.2 Å². The van der Waals surface area contributed by atoms with Crippen molar-refractivity contribution in [2.45, 2.75) is 32.2 Å². The highest BCUT2D eigenvalue weighted by Gasteiger charge is 2.05. The van der Waals surface area contributed by atoms with E-state index in [1.165, 1.54) is 5.56 Å². The normalized spacial score (nSPS) is 12.7. The van der Waals surface area contributed by atoms with Crippen LogP contribution in [-0.4, -0.2) is 19.3 Å². The molecule has 0 heterocycles. The minimum atomic E-state index is -0.227. The molecule has 0 saturated carbocycles. The zero-order valence-corrected chi connectivity index (χ0v) is 9.38. The number of nitrogens with one attached hydrogen (secondary N) is 1. The van der Waals surface area contributed by atoms with E-state index in [9.17, 15) is 4.39 Å². The third kappa shape index (κ3) is 4.93. The van der Waals surface area contributed by atoms with Gasteiger partial charge in [-0.15, -0.1) is 0 Å². The zero-order valence-electron chi connectivity index (χ0n) is 9.38. The maximum atomic E-state index is 11.9. The van der Waals surface area contributed by atoms with Crippen LogP contribution in [0, 0.1) is 0 Å². The van der Waals surface area contributed by atoms with E-state index in [4.69, 9.17) is 0 Å². The van der Waals surface area contributed by atoms with Crippen LogP contribution in [-0.2, 0) is 6.42 Å². The minimum absolute atomic E-state index is 0.227. The van der Waals surface area contributed by atoms with Crippen molar-refractivity contribution < 1.29 is 4.39 Å². The average molecular weight is 209 g/mol. The van der Waals surface area contributed by atoms with Crippen LogP contribution in [0.15, 0.2) is 30.3 Å². The van der Waals surface area contributed by atoms with Gasteiger partial charge in [-0.3, -0.25) is 4.39 Å². The van der Waals surface area contributed by atoms with E-state index in [-0.39, 0.29) is 6.67 Å². The van der Waals surface area contributed by atoms with Gasteiger partial charge < -0.3 is 5.32 Å². The van der Waals surface area contributed by atoms with Crippen LogP contribution >= 0.6 is 0 Å². The number of halogens is 1. The molecule has 0 aromatic heterocycles. The van der Waals surface area contributed by atoms with Crippen LogP contribution in [0.5, 0.6) is 0 Å². The van der Waals surface area contributed by atoms with Crippen molar-refractivity contribution in [3.63, 3.8) is 0 Å². The quantitative estimate of drug-likeness (QED) is 0.681. The molecule has 0 bridgehead atoms. The van der Waals surface area contributed by atoms with Gasteiger partial charge in [-0.05, 0) is 31.4 Å². The van der Waals surface area contributed by atoms with Crippen molar-refractivity contribution in [1.29, 1.82) is 0 Å². The van der Waals surface area contributed by atoms with Gasteiger partial charge in [-0.1, -0.05) is 37.3 Å². The van der Waals surface area contributed by atoms with Crippen molar-refractivity contribution >= 4 is 0 Å². The zero-order chi connectivity index (χ0) is 10.9. The summed E-state index contributed by atoms with van der Waals surface area (Å²) in [4.78, 5) is 0. The first-order chi connectivity index (χ1) is 7.36. The molecule has 2 heteroatoms. The molecule has 0 radical (unpaired) electrons. The number of alkyl halides is 1. The first kappa shape index (κ1) is 12.2. The van der Waals surface area contributed by atoms with Gasteiger partial charge in [0.1, 0.15) is 0 Å². The Morgan fingerprint density at radius 3 is 2.60 bits per heavy atom. The second kappa shape index (κ2) is 7.41. The second-order valence-electron chi connectivity index (χ2n) is 3.79. The lowest BCUT2D eigenvalue weighted by molar-refractivity contribution is 0.429. The highest BCUT2D eigenvalue weighted by atomic mass is 19.1. The summed E-state index contributed by atoms with van der Waals surface area (Å²) in [6, 6.07) is 10.9. The van der Waals surface area contributed by atoms with E-state index in [2.05, 4.69) is 36.5 Å². The number of hydrogen-bond acceptors (Lipinski definition) is 1. The van der Waals surface area contributed by atoms with Crippen molar-refractivity contribution in [3.8, 4) is 0 Å². The Morgan fingerprint density at radius 1 is 1.27 bits per heavy atom. The first-order valence-corrected chi connectivity index (χ1v) is 5.70. The van der Waals surface area contributed by atoms with Gasteiger partial charge in [0.25, 0.3) is 0 Å². The molecule has 1 atom stereocenters. The molecular weight excluding hydrogens is 189 g/mol. The van der Waals surface area contributed by atoms with Crippen LogP contribution in [0.4, 0.5) is 4.39 Å². The van der Waals surface area contributed by atoms with E-state index in [0.29, 0.717) is 12.5 Å². The average Bonchev–Trinajstić information content (AvgIpc) is 2.29. The molecule has 0 fully saturated rings. The molecule has 0 aliphatic rings. The van der Waals surface area contributed by atoms with Crippen LogP contribution in [0.25, 0.3) is 0 Å². The molecular formula is C13H20FN. The van der Waals surface area contributed by atoms with Crippen molar-refractivity contribution in [2.24, 2.45) is 0 Å². The lowest BCUT2D eigenvalue weighted by Gasteiger charge is -2.16. The predicted octanol–water partition coefficient (Wildman–Crippen LogP) is 2.96. The summed E-state index contributed by atoms with van der Waals surface area (Å²) >= 11 is 0. The van der Waals surface area contributed by atoms with E-state index in [1.54, 1.807) is 0 Å². The number of hydrogen-bond donors (Lipinski definition) is 1. The Bertz CT molecular complexity index is 248. The van der Waals surface area contributed by atoms with Crippen LogP contribution in [0.1, 0.15) is 25.3 Å². The molecule has 0 saturated heterocycles. The van der Waals surface area contributed by atoms with Crippen LogP contribution in [0.3, 0.4) is 0 Å². The first-order valence-electron chi connectivity index (χ1n) is 5.70. The molecule has 0 aliphatic heterocycles. The molecule has 84 valence electrons.